The molecule has 1 aliphatic heterocycles. The standard InChI is InChI=1S/C14H18N2O4/c1-8-4-9(6-11(17)13(8)20-3)5-10-14(19)16(2)7-12(18)15-10/h4,6,10,17H,5,7H2,1-3H3,(H,15,18). The van der Waals surface area contributed by atoms with Crippen LogP contribution in [0.1, 0.15) is 11.1 Å². The van der Waals surface area contributed by atoms with Gasteiger partial charge >= 0.3 is 0 Å². The second kappa shape index (κ2) is 5.40. The maximum absolute atomic E-state index is 12.0. The minimum atomic E-state index is -0.589. The lowest BCUT2D eigenvalue weighted by atomic mass is 10.0. The quantitative estimate of drug-likeness (QED) is 0.828. The second-order valence-electron chi connectivity index (χ2n) is 4.98. The molecule has 1 heterocycles. The number of nitrogens with one attached hydrogen (secondary N) is 1. The Labute approximate surface area is 117 Å². The van der Waals surface area contributed by atoms with Crippen molar-refractivity contribution in [1.29, 1.82) is 0 Å². The van der Waals surface area contributed by atoms with E-state index in [0.717, 1.165) is 11.1 Å². The van der Waals surface area contributed by atoms with E-state index in [4.69, 9.17) is 4.74 Å². The molecule has 1 fully saturated rings. The van der Waals surface area contributed by atoms with Gasteiger partial charge in [0, 0.05) is 13.5 Å². The monoisotopic (exact) mass is 278 g/mol. The van der Waals surface area contributed by atoms with E-state index < -0.39 is 6.04 Å². The maximum atomic E-state index is 12.0. The number of rotatable bonds is 3. The fourth-order valence-electron chi connectivity index (χ4n) is 2.45. The number of piperazine rings is 1. The molecule has 0 saturated carbocycles. The average molecular weight is 278 g/mol. The Bertz CT molecular complexity index is 533. The Kier molecular flexibility index (Phi) is 3.83. The third kappa shape index (κ3) is 2.68. The number of benzene rings is 1. The zero-order valence-electron chi connectivity index (χ0n) is 11.8. The molecule has 6 heteroatoms. The number of carbonyl (C=O) groups excluding carboxylic acids is 2. The molecular weight excluding hydrogens is 260 g/mol. The molecule has 0 radical (unpaired) electrons. The number of likely N-dealkylation sites (N-methyl/N-ethyl adjacent to an activating group) is 1. The predicted octanol–water partition coefficient (Wildman–Crippen LogP) is 0.209. The van der Waals surface area contributed by atoms with Crippen LogP contribution in [0.15, 0.2) is 12.1 Å². The van der Waals surface area contributed by atoms with Gasteiger partial charge in [0.05, 0.1) is 13.7 Å². The molecule has 1 atom stereocenters. The highest BCUT2D eigenvalue weighted by Crippen LogP contribution is 2.31. The van der Waals surface area contributed by atoms with E-state index in [2.05, 4.69) is 5.32 Å². The van der Waals surface area contributed by atoms with Gasteiger partial charge in [-0.2, -0.15) is 0 Å². The summed E-state index contributed by atoms with van der Waals surface area (Å²) >= 11 is 0. The Morgan fingerprint density at radius 2 is 2.15 bits per heavy atom. The lowest BCUT2D eigenvalue weighted by Gasteiger charge is -2.29. The van der Waals surface area contributed by atoms with Crippen LogP contribution in [0.25, 0.3) is 0 Å². The van der Waals surface area contributed by atoms with E-state index in [9.17, 15) is 14.7 Å². The first-order valence-corrected chi connectivity index (χ1v) is 6.33. The van der Waals surface area contributed by atoms with Crippen LogP contribution in [0.4, 0.5) is 0 Å². The minimum Gasteiger partial charge on any atom is -0.504 e. The molecule has 2 rings (SSSR count). The summed E-state index contributed by atoms with van der Waals surface area (Å²) < 4.78 is 5.08. The zero-order valence-corrected chi connectivity index (χ0v) is 11.8. The van der Waals surface area contributed by atoms with E-state index >= 15 is 0 Å². The Morgan fingerprint density at radius 3 is 2.75 bits per heavy atom. The molecule has 1 aliphatic rings. The van der Waals surface area contributed by atoms with E-state index in [1.165, 1.54) is 12.0 Å². The number of aromatic hydroxyl groups is 1. The summed E-state index contributed by atoms with van der Waals surface area (Å²) in [5, 5.41) is 12.5. The highest BCUT2D eigenvalue weighted by Gasteiger charge is 2.30. The Hall–Kier alpha value is -2.24. The first-order chi connectivity index (χ1) is 9.42. The third-order valence-electron chi connectivity index (χ3n) is 3.35. The van der Waals surface area contributed by atoms with Gasteiger partial charge in [0.2, 0.25) is 11.8 Å². The van der Waals surface area contributed by atoms with Gasteiger partial charge in [-0.1, -0.05) is 6.07 Å². The number of hydrogen-bond donors (Lipinski definition) is 2. The van der Waals surface area contributed by atoms with Crippen LogP contribution in [0.5, 0.6) is 11.5 Å². The molecule has 1 aromatic carbocycles. The molecule has 20 heavy (non-hydrogen) atoms. The van der Waals surface area contributed by atoms with Crippen LogP contribution in [0.3, 0.4) is 0 Å². The van der Waals surface area contributed by atoms with Crippen molar-refractivity contribution in [2.24, 2.45) is 0 Å². The van der Waals surface area contributed by atoms with Crippen LogP contribution in [-0.4, -0.2) is 48.6 Å². The van der Waals surface area contributed by atoms with Crippen LogP contribution < -0.4 is 10.1 Å². The summed E-state index contributed by atoms with van der Waals surface area (Å²) in [6.45, 7) is 1.90. The lowest BCUT2D eigenvalue weighted by molar-refractivity contribution is -0.142. The average Bonchev–Trinajstić information content (AvgIpc) is 2.35. The molecule has 0 bridgehead atoms. The van der Waals surface area contributed by atoms with E-state index in [-0.39, 0.29) is 24.1 Å². The lowest BCUT2D eigenvalue weighted by Crippen LogP contribution is -2.57. The first-order valence-electron chi connectivity index (χ1n) is 6.33. The molecule has 6 nitrogen and oxygen atoms in total. The van der Waals surface area contributed by atoms with Crippen molar-refractivity contribution in [3.63, 3.8) is 0 Å². The molecule has 108 valence electrons. The van der Waals surface area contributed by atoms with Crippen LogP contribution in [-0.2, 0) is 16.0 Å². The third-order valence-corrected chi connectivity index (χ3v) is 3.35. The maximum Gasteiger partial charge on any atom is 0.245 e. The number of phenols is 1. The molecule has 1 unspecified atom stereocenters. The molecule has 0 aromatic heterocycles. The number of methoxy groups -OCH3 is 1. The molecule has 0 aliphatic carbocycles. The van der Waals surface area contributed by atoms with Gasteiger partial charge in [0.1, 0.15) is 6.04 Å². The van der Waals surface area contributed by atoms with Crippen molar-refractivity contribution < 1.29 is 19.4 Å². The van der Waals surface area contributed by atoms with Gasteiger partial charge in [-0.05, 0) is 24.1 Å². The number of hydrogen-bond acceptors (Lipinski definition) is 4. The summed E-state index contributed by atoms with van der Waals surface area (Å²) in [5.74, 6) is 0.152. The fourth-order valence-corrected chi connectivity index (χ4v) is 2.45. The van der Waals surface area contributed by atoms with Crippen LogP contribution in [0.2, 0.25) is 0 Å². The van der Waals surface area contributed by atoms with Crippen molar-refractivity contribution in [3.05, 3.63) is 23.3 Å². The van der Waals surface area contributed by atoms with Gasteiger partial charge in [0.15, 0.2) is 11.5 Å². The fraction of sp³-hybridized carbons (Fsp3) is 0.429. The number of nitrogens with zero attached hydrogens (tertiary/aromatic N) is 1. The second-order valence-corrected chi connectivity index (χ2v) is 4.98. The first kappa shape index (κ1) is 14.2. The summed E-state index contributed by atoms with van der Waals surface area (Å²) in [4.78, 5) is 24.9. The van der Waals surface area contributed by atoms with Gasteiger partial charge in [-0.25, -0.2) is 0 Å². The molecule has 2 N–H and O–H groups in total. The Balaban J connectivity index is 2.21. The van der Waals surface area contributed by atoms with Crippen molar-refractivity contribution in [1.82, 2.24) is 10.2 Å². The summed E-state index contributed by atoms with van der Waals surface area (Å²) in [6, 6.07) is 2.81. The molecule has 1 aromatic rings. The largest absolute Gasteiger partial charge is 0.504 e. The molecular formula is C14H18N2O4. The number of amides is 2. The van der Waals surface area contributed by atoms with E-state index in [1.807, 2.05) is 13.0 Å². The van der Waals surface area contributed by atoms with E-state index in [0.29, 0.717) is 12.2 Å². The van der Waals surface area contributed by atoms with E-state index in [1.54, 1.807) is 13.1 Å². The van der Waals surface area contributed by atoms with Crippen molar-refractivity contribution in [3.8, 4) is 11.5 Å². The van der Waals surface area contributed by atoms with Crippen molar-refractivity contribution in [2.45, 2.75) is 19.4 Å². The summed E-state index contributed by atoms with van der Waals surface area (Å²) in [6.07, 6.45) is 0.341. The number of phenolic OH excluding ortho intramolecular Hbond substituents is 1. The smallest absolute Gasteiger partial charge is 0.245 e. The highest BCUT2D eigenvalue weighted by molar-refractivity contribution is 5.94. The molecule has 0 spiro atoms. The summed E-state index contributed by atoms with van der Waals surface area (Å²) in [5.41, 5.74) is 1.56. The number of carbonyl (C=O) groups is 2. The van der Waals surface area contributed by atoms with Crippen molar-refractivity contribution >= 4 is 11.8 Å². The minimum absolute atomic E-state index is 0.0328. The van der Waals surface area contributed by atoms with Gasteiger partial charge < -0.3 is 20.1 Å². The van der Waals surface area contributed by atoms with Gasteiger partial charge in [-0.3, -0.25) is 9.59 Å². The summed E-state index contributed by atoms with van der Waals surface area (Å²) in [7, 11) is 3.09. The SMILES string of the molecule is COc1c(C)cc(CC2NC(=O)CN(C)C2=O)cc1O. The van der Waals surface area contributed by atoms with Gasteiger partial charge in [-0.15, -0.1) is 0 Å². The van der Waals surface area contributed by atoms with Crippen molar-refractivity contribution in [2.75, 3.05) is 20.7 Å². The Morgan fingerprint density at radius 1 is 1.45 bits per heavy atom. The normalized spacial score (nSPS) is 18.9. The highest BCUT2D eigenvalue weighted by atomic mass is 16.5. The predicted molar refractivity (Wildman–Crippen MR) is 72.7 cm³/mol. The molecule has 2 amide bonds. The zero-order chi connectivity index (χ0) is 14.9. The molecule has 1 saturated heterocycles. The van der Waals surface area contributed by atoms with Crippen LogP contribution >= 0.6 is 0 Å². The number of aryl methyl sites for hydroxylation is 1. The topological polar surface area (TPSA) is 78.9 Å². The van der Waals surface area contributed by atoms with Gasteiger partial charge in [0.25, 0.3) is 0 Å². The van der Waals surface area contributed by atoms with Crippen LogP contribution in [0, 0.1) is 6.92 Å². The number of ether oxygens (including phenoxy) is 1.